The summed E-state index contributed by atoms with van der Waals surface area (Å²) in [6.45, 7) is 0.161. The van der Waals surface area contributed by atoms with Crippen LogP contribution in [0.3, 0.4) is 0 Å². The number of urea groups is 1. The molecule has 28 heavy (non-hydrogen) atoms. The van der Waals surface area contributed by atoms with Crippen LogP contribution in [-0.4, -0.2) is 38.6 Å². The van der Waals surface area contributed by atoms with Crippen molar-refractivity contribution in [2.45, 2.75) is 19.5 Å². The topological polar surface area (TPSA) is 60.0 Å². The van der Waals surface area contributed by atoms with Crippen molar-refractivity contribution in [3.05, 3.63) is 53.6 Å². The quantitative estimate of drug-likeness (QED) is 0.768. The smallest absolute Gasteiger partial charge is 0.493 e. The van der Waals surface area contributed by atoms with Crippen molar-refractivity contribution in [3.8, 4) is 17.2 Å². The Kier molecular flexibility index (Phi) is 6.97. The molecule has 0 spiro atoms. The highest BCUT2D eigenvalue weighted by atomic mass is 19.4. The highest BCUT2D eigenvalue weighted by Gasteiger charge is 2.32. The molecule has 9 heteroatoms. The van der Waals surface area contributed by atoms with Gasteiger partial charge in [-0.2, -0.15) is 0 Å². The molecule has 0 radical (unpaired) electrons. The summed E-state index contributed by atoms with van der Waals surface area (Å²) in [4.78, 5) is 13.7. The van der Waals surface area contributed by atoms with Gasteiger partial charge < -0.3 is 24.4 Å². The molecule has 0 saturated carbocycles. The fraction of sp³-hybridized carbons (Fsp3) is 0.316. The van der Waals surface area contributed by atoms with Crippen LogP contribution in [0.25, 0.3) is 0 Å². The number of ether oxygens (including phenoxy) is 3. The van der Waals surface area contributed by atoms with Crippen molar-refractivity contribution in [1.29, 1.82) is 0 Å². The summed E-state index contributed by atoms with van der Waals surface area (Å²) in [6, 6.07) is 10.5. The van der Waals surface area contributed by atoms with E-state index in [1.54, 1.807) is 31.3 Å². The van der Waals surface area contributed by atoms with Crippen molar-refractivity contribution < 1.29 is 32.2 Å². The van der Waals surface area contributed by atoms with Crippen LogP contribution in [0.15, 0.2) is 42.5 Å². The van der Waals surface area contributed by atoms with Gasteiger partial charge in [0.25, 0.3) is 0 Å². The maximum atomic E-state index is 12.5. The van der Waals surface area contributed by atoms with Gasteiger partial charge in [-0.05, 0) is 23.8 Å². The zero-order chi connectivity index (χ0) is 20.7. The molecular weight excluding hydrogens is 377 g/mol. The number of nitrogens with zero attached hydrogens (tertiary/aromatic N) is 1. The van der Waals surface area contributed by atoms with Crippen LogP contribution in [0.1, 0.15) is 11.1 Å². The van der Waals surface area contributed by atoms with Gasteiger partial charge in [-0.1, -0.05) is 24.3 Å². The molecular formula is C19H21F3N2O4. The minimum Gasteiger partial charge on any atom is -0.493 e. The number of nitrogens with one attached hydrogen (secondary N) is 1. The molecule has 2 aromatic rings. The summed E-state index contributed by atoms with van der Waals surface area (Å²) >= 11 is 0. The summed E-state index contributed by atoms with van der Waals surface area (Å²) in [5, 5.41) is 2.58. The third kappa shape index (κ3) is 5.97. The number of hydrogen-bond acceptors (Lipinski definition) is 4. The molecule has 0 atom stereocenters. The van der Waals surface area contributed by atoms with E-state index in [-0.39, 0.29) is 24.4 Å². The second-order valence-corrected chi connectivity index (χ2v) is 5.86. The van der Waals surface area contributed by atoms with Crippen molar-refractivity contribution in [3.63, 3.8) is 0 Å². The normalized spacial score (nSPS) is 10.9. The van der Waals surface area contributed by atoms with Crippen molar-refractivity contribution in [2.75, 3.05) is 21.3 Å². The summed E-state index contributed by atoms with van der Waals surface area (Å²) in [5.41, 5.74) is 1.02. The number of halogens is 3. The van der Waals surface area contributed by atoms with E-state index in [0.29, 0.717) is 11.5 Å². The van der Waals surface area contributed by atoms with Gasteiger partial charge in [0.15, 0.2) is 11.5 Å². The lowest BCUT2D eigenvalue weighted by molar-refractivity contribution is -0.274. The Balaban J connectivity index is 1.98. The first-order valence-corrected chi connectivity index (χ1v) is 8.27. The van der Waals surface area contributed by atoms with E-state index in [2.05, 4.69) is 10.1 Å². The zero-order valence-corrected chi connectivity index (χ0v) is 15.7. The Morgan fingerprint density at radius 1 is 1.04 bits per heavy atom. The molecule has 0 aliphatic carbocycles. The van der Waals surface area contributed by atoms with Gasteiger partial charge in [-0.25, -0.2) is 4.79 Å². The van der Waals surface area contributed by atoms with Crippen LogP contribution in [-0.2, 0) is 13.1 Å². The van der Waals surface area contributed by atoms with Crippen LogP contribution >= 0.6 is 0 Å². The molecule has 0 fully saturated rings. The molecule has 0 unspecified atom stereocenters. The highest BCUT2D eigenvalue weighted by molar-refractivity contribution is 5.74. The third-order valence-electron chi connectivity index (χ3n) is 3.84. The van der Waals surface area contributed by atoms with E-state index in [4.69, 9.17) is 9.47 Å². The van der Waals surface area contributed by atoms with E-state index in [1.165, 1.54) is 37.3 Å². The van der Waals surface area contributed by atoms with Gasteiger partial charge in [0, 0.05) is 25.7 Å². The average Bonchev–Trinajstić information content (AvgIpc) is 2.65. The molecule has 152 valence electrons. The number of carbonyl (C=O) groups is 1. The maximum Gasteiger partial charge on any atom is 0.573 e. The number of carbonyl (C=O) groups excluding carboxylic acids is 1. The zero-order valence-electron chi connectivity index (χ0n) is 15.7. The molecule has 2 rings (SSSR count). The predicted molar refractivity (Wildman–Crippen MR) is 96.4 cm³/mol. The molecule has 6 nitrogen and oxygen atoms in total. The van der Waals surface area contributed by atoms with Gasteiger partial charge in [-0.3, -0.25) is 0 Å². The first-order valence-electron chi connectivity index (χ1n) is 8.27. The minimum absolute atomic E-state index is 0.110. The molecule has 0 heterocycles. The van der Waals surface area contributed by atoms with E-state index < -0.39 is 12.4 Å². The van der Waals surface area contributed by atoms with Crippen LogP contribution < -0.4 is 19.5 Å². The lowest BCUT2D eigenvalue weighted by atomic mass is 10.2. The van der Waals surface area contributed by atoms with E-state index in [9.17, 15) is 18.0 Å². The fourth-order valence-corrected chi connectivity index (χ4v) is 2.50. The SMILES string of the molecule is COc1ccc(CN(C)C(=O)NCc2ccccc2OC(F)(F)F)cc1OC. The minimum atomic E-state index is -4.80. The van der Waals surface area contributed by atoms with Crippen molar-refractivity contribution in [2.24, 2.45) is 0 Å². The fourth-order valence-electron chi connectivity index (χ4n) is 2.50. The third-order valence-corrected chi connectivity index (χ3v) is 3.84. The molecule has 0 aromatic heterocycles. The first-order chi connectivity index (χ1) is 13.2. The second kappa shape index (κ2) is 9.20. The monoisotopic (exact) mass is 398 g/mol. The van der Waals surface area contributed by atoms with Gasteiger partial charge in [-0.15, -0.1) is 13.2 Å². The van der Waals surface area contributed by atoms with E-state index >= 15 is 0 Å². The molecule has 0 bridgehead atoms. The van der Waals surface area contributed by atoms with Gasteiger partial charge in [0.1, 0.15) is 5.75 Å². The Morgan fingerprint density at radius 2 is 1.71 bits per heavy atom. The molecule has 2 aromatic carbocycles. The maximum absolute atomic E-state index is 12.5. The van der Waals surface area contributed by atoms with Crippen molar-refractivity contribution >= 4 is 6.03 Å². The Labute approximate surface area is 160 Å². The Morgan fingerprint density at radius 3 is 2.36 bits per heavy atom. The number of amides is 2. The first kappa shape index (κ1) is 21.2. The Bertz CT molecular complexity index is 812. The summed E-state index contributed by atoms with van der Waals surface area (Å²) in [7, 11) is 4.61. The van der Waals surface area contributed by atoms with Crippen LogP contribution in [0.4, 0.5) is 18.0 Å². The van der Waals surface area contributed by atoms with Gasteiger partial charge in [0.2, 0.25) is 0 Å². The average molecular weight is 398 g/mol. The Hall–Kier alpha value is -3.10. The van der Waals surface area contributed by atoms with Crippen LogP contribution in [0, 0.1) is 0 Å². The van der Waals surface area contributed by atoms with Crippen LogP contribution in [0.2, 0.25) is 0 Å². The van der Waals surface area contributed by atoms with Gasteiger partial charge in [0.05, 0.1) is 14.2 Å². The summed E-state index contributed by atoms with van der Waals surface area (Å²) < 4.78 is 51.8. The lowest BCUT2D eigenvalue weighted by Gasteiger charge is -2.20. The summed E-state index contributed by atoms with van der Waals surface area (Å²) in [5.74, 6) is 0.754. The van der Waals surface area contributed by atoms with Gasteiger partial charge >= 0.3 is 12.4 Å². The molecule has 2 amide bonds. The number of rotatable bonds is 7. The standard InChI is InChI=1S/C19H21F3N2O4/c1-24(12-13-8-9-16(26-2)17(10-13)27-3)18(25)23-11-14-6-4-5-7-15(14)28-19(20,21)22/h4-10H,11-12H2,1-3H3,(H,23,25). The highest BCUT2D eigenvalue weighted by Crippen LogP contribution is 2.28. The number of benzene rings is 2. The second-order valence-electron chi connectivity index (χ2n) is 5.86. The van der Waals surface area contributed by atoms with Crippen LogP contribution in [0.5, 0.6) is 17.2 Å². The molecule has 1 N–H and O–H groups in total. The molecule has 0 saturated heterocycles. The number of para-hydroxylation sites is 1. The number of hydrogen-bond donors (Lipinski definition) is 1. The molecule has 0 aliphatic heterocycles. The lowest BCUT2D eigenvalue weighted by Crippen LogP contribution is -2.36. The van der Waals surface area contributed by atoms with E-state index in [1.807, 2.05) is 0 Å². The van der Waals surface area contributed by atoms with Crippen molar-refractivity contribution in [1.82, 2.24) is 10.2 Å². The van der Waals surface area contributed by atoms with E-state index in [0.717, 1.165) is 5.56 Å². The predicted octanol–water partition coefficient (Wildman–Crippen LogP) is 3.94. The summed E-state index contributed by atoms with van der Waals surface area (Å²) in [6.07, 6.45) is -4.80. The largest absolute Gasteiger partial charge is 0.573 e. The molecule has 0 aliphatic rings. The number of methoxy groups -OCH3 is 2. The number of alkyl halides is 3.